The van der Waals surface area contributed by atoms with Crippen molar-refractivity contribution >= 4 is 28.8 Å². The van der Waals surface area contributed by atoms with Crippen molar-refractivity contribution in [2.45, 2.75) is 0 Å². The lowest BCUT2D eigenvalue weighted by atomic mass is 10.6. The first kappa shape index (κ1) is 9.54. The third kappa shape index (κ3) is 5.67. The minimum atomic E-state index is -2.34. The first-order valence-corrected chi connectivity index (χ1v) is 3.78. The van der Waals surface area contributed by atoms with Gasteiger partial charge in [-0.3, -0.25) is 4.55 Å². The van der Waals surface area contributed by atoms with Crippen molar-refractivity contribution in [2.24, 2.45) is 0 Å². The van der Waals surface area contributed by atoms with Crippen molar-refractivity contribution in [3.8, 4) is 0 Å². The highest BCUT2D eigenvalue weighted by atomic mass is 32.2. The van der Waals surface area contributed by atoms with Crippen LogP contribution >= 0.6 is 12.2 Å². The molecule has 0 saturated heterocycles. The second kappa shape index (κ2) is 5.33. The number of rotatable bonds is 3. The van der Waals surface area contributed by atoms with Crippen molar-refractivity contribution in [3.63, 3.8) is 0 Å². The Balaban J connectivity index is 3.43. The van der Waals surface area contributed by atoms with Crippen LogP contribution in [0.4, 0.5) is 0 Å². The average molecular weight is 181 g/mol. The van der Waals surface area contributed by atoms with Gasteiger partial charge >= 0.3 is 11.4 Å². The van der Waals surface area contributed by atoms with Gasteiger partial charge in [-0.05, 0) is 12.2 Å². The van der Waals surface area contributed by atoms with E-state index in [1.54, 1.807) is 6.08 Å². The van der Waals surface area contributed by atoms with E-state index in [1.807, 2.05) is 0 Å². The van der Waals surface area contributed by atoms with Crippen molar-refractivity contribution < 1.29 is 12.9 Å². The summed E-state index contributed by atoms with van der Waals surface area (Å²) >= 11 is 2.12. The standard InChI is InChI=1S/C4H7NO3S2/c1-2-3-5-4(9)8-10(6)7/h2H,1,3H2,(H,5,9)(H,6,7). The summed E-state index contributed by atoms with van der Waals surface area (Å²) in [5.74, 6) is 0. The topological polar surface area (TPSA) is 58.6 Å². The van der Waals surface area contributed by atoms with E-state index >= 15 is 0 Å². The largest absolute Gasteiger partial charge is 0.359 e. The Labute approximate surface area is 66.8 Å². The Morgan fingerprint density at radius 3 is 3.00 bits per heavy atom. The molecule has 2 N–H and O–H groups in total. The van der Waals surface area contributed by atoms with Crippen LogP contribution in [0, 0.1) is 0 Å². The van der Waals surface area contributed by atoms with Gasteiger partial charge in [0.2, 0.25) is 0 Å². The van der Waals surface area contributed by atoms with E-state index in [2.05, 4.69) is 28.3 Å². The van der Waals surface area contributed by atoms with E-state index in [1.165, 1.54) is 0 Å². The molecule has 0 aromatic rings. The van der Waals surface area contributed by atoms with Crippen molar-refractivity contribution in [3.05, 3.63) is 12.7 Å². The molecule has 0 aromatic carbocycles. The molecule has 10 heavy (non-hydrogen) atoms. The van der Waals surface area contributed by atoms with E-state index in [4.69, 9.17) is 4.55 Å². The van der Waals surface area contributed by atoms with Crippen LogP contribution in [0.1, 0.15) is 0 Å². The molecule has 0 amide bonds. The minimum Gasteiger partial charge on any atom is -0.351 e. The molecule has 1 unspecified atom stereocenters. The van der Waals surface area contributed by atoms with Gasteiger partial charge in [0.15, 0.2) is 0 Å². The Bertz CT molecular complexity index is 159. The molecule has 0 aliphatic carbocycles. The predicted molar refractivity (Wildman–Crippen MR) is 42.7 cm³/mol. The van der Waals surface area contributed by atoms with Gasteiger partial charge in [-0.15, -0.1) is 6.58 Å². The zero-order chi connectivity index (χ0) is 7.98. The molecule has 0 fully saturated rings. The summed E-state index contributed by atoms with van der Waals surface area (Å²) in [5, 5.41) is 2.39. The molecule has 1 atom stereocenters. The van der Waals surface area contributed by atoms with Gasteiger partial charge in [0.25, 0.3) is 5.17 Å². The van der Waals surface area contributed by atoms with Crippen LogP contribution in [-0.4, -0.2) is 20.5 Å². The molecule has 6 heteroatoms. The molecule has 0 aromatic heterocycles. The smallest absolute Gasteiger partial charge is 0.351 e. The summed E-state index contributed by atoms with van der Waals surface area (Å²) in [7, 11) is 0. The van der Waals surface area contributed by atoms with Gasteiger partial charge in [0.05, 0.1) is 0 Å². The molecule has 0 aliphatic rings. The molecule has 0 spiro atoms. The first-order chi connectivity index (χ1) is 4.66. The molecule has 4 nitrogen and oxygen atoms in total. The van der Waals surface area contributed by atoms with Gasteiger partial charge in [-0.2, -0.15) is 4.21 Å². The highest BCUT2D eigenvalue weighted by molar-refractivity contribution is 7.82. The molecule has 0 heterocycles. The number of hydrogen-bond acceptors (Lipinski definition) is 3. The molecule has 0 bridgehead atoms. The Hall–Kier alpha value is -0.460. The van der Waals surface area contributed by atoms with Gasteiger partial charge in [0, 0.05) is 6.54 Å². The van der Waals surface area contributed by atoms with E-state index in [0.717, 1.165) is 0 Å². The zero-order valence-electron chi connectivity index (χ0n) is 5.07. The van der Waals surface area contributed by atoms with Crippen molar-refractivity contribution in [2.75, 3.05) is 6.54 Å². The minimum absolute atomic E-state index is 0.110. The number of nitrogens with one attached hydrogen (secondary N) is 1. The maximum Gasteiger partial charge on any atom is 0.359 e. The van der Waals surface area contributed by atoms with E-state index < -0.39 is 11.4 Å². The van der Waals surface area contributed by atoms with E-state index in [-0.39, 0.29) is 5.17 Å². The normalized spacial score (nSPS) is 11.7. The lowest BCUT2D eigenvalue weighted by molar-refractivity contribution is 0.449. The predicted octanol–water partition coefficient (Wildman–Crippen LogP) is 0.200. The van der Waals surface area contributed by atoms with E-state index in [0.29, 0.717) is 6.54 Å². The second-order valence-corrected chi connectivity index (χ2v) is 2.23. The highest BCUT2D eigenvalue weighted by Gasteiger charge is 1.97. The maximum absolute atomic E-state index is 9.91. The van der Waals surface area contributed by atoms with Crippen LogP contribution in [0.15, 0.2) is 12.7 Å². The Morgan fingerprint density at radius 2 is 2.60 bits per heavy atom. The summed E-state index contributed by atoms with van der Waals surface area (Å²) in [6.45, 7) is 3.81. The lowest BCUT2D eigenvalue weighted by Gasteiger charge is -2.01. The second-order valence-electron chi connectivity index (χ2n) is 1.26. The van der Waals surface area contributed by atoms with E-state index in [9.17, 15) is 4.21 Å². The van der Waals surface area contributed by atoms with Crippen LogP contribution in [0.5, 0.6) is 0 Å². The van der Waals surface area contributed by atoms with Gasteiger partial charge in [-0.1, -0.05) is 6.08 Å². The molecule has 58 valence electrons. The third-order valence-corrected chi connectivity index (χ3v) is 1.18. The van der Waals surface area contributed by atoms with Crippen LogP contribution in [-0.2, 0) is 15.5 Å². The highest BCUT2D eigenvalue weighted by Crippen LogP contribution is 1.80. The molecular formula is C4H7NO3S2. The first-order valence-electron chi connectivity index (χ1n) is 2.34. The summed E-state index contributed by atoms with van der Waals surface area (Å²) in [4.78, 5) is 0. The maximum atomic E-state index is 9.91. The zero-order valence-corrected chi connectivity index (χ0v) is 6.70. The third-order valence-electron chi connectivity index (χ3n) is 0.538. The Morgan fingerprint density at radius 1 is 2.00 bits per heavy atom. The van der Waals surface area contributed by atoms with Crippen LogP contribution < -0.4 is 5.32 Å². The molecular weight excluding hydrogens is 174 g/mol. The van der Waals surface area contributed by atoms with Gasteiger partial charge < -0.3 is 9.50 Å². The average Bonchev–Trinajstić information content (AvgIpc) is 1.82. The SMILES string of the molecule is C=CCNC(=S)OS(=O)O. The lowest BCUT2D eigenvalue weighted by Crippen LogP contribution is -2.24. The molecule has 0 aliphatic heterocycles. The number of thiocarbonyl (C=S) groups is 1. The van der Waals surface area contributed by atoms with Crippen LogP contribution in [0.25, 0.3) is 0 Å². The molecule has 0 saturated carbocycles. The Kier molecular flexibility index (Phi) is 5.09. The summed E-state index contributed by atoms with van der Waals surface area (Å²) in [6.07, 6.45) is 1.55. The number of hydrogen-bond donors (Lipinski definition) is 2. The monoisotopic (exact) mass is 181 g/mol. The quantitative estimate of drug-likeness (QED) is 0.370. The van der Waals surface area contributed by atoms with Gasteiger partial charge in [0.1, 0.15) is 0 Å². The summed E-state index contributed by atoms with van der Waals surface area (Å²) < 4.78 is 22.2. The summed E-state index contributed by atoms with van der Waals surface area (Å²) in [5.41, 5.74) is 0. The van der Waals surface area contributed by atoms with Gasteiger partial charge in [-0.25, -0.2) is 0 Å². The van der Waals surface area contributed by atoms with Crippen molar-refractivity contribution in [1.29, 1.82) is 0 Å². The van der Waals surface area contributed by atoms with Crippen molar-refractivity contribution in [1.82, 2.24) is 5.32 Å². The fourth-order valence-electron chi connectivity index (χ4n) is 0.250. The molecule has 0 rings (SSSR count). The fraction of sp³-hybridized carbons (Fsp3) is 0.250. The van der Waals surface area contributed by atoms with Crippen LogP contribution in [0.3, 0.4) is 0 Å². The summed E-state index contributed by atoms with van der Waals surface area (Å²) in [6, 6.07) is 0. The molecule has 0 radical (unpaired) electrons. The van der Waals surface area contributed by atoms with Crippen LogP contribution in [0.2, 0.25) is 0 Å². The fourth-order valence-corrected chi connectivity index (χ4v) is 0.696.